The molecule has 2 atom stereocenters. The lowest BCUT2D eigenvalue weighted by Gasteiger charge is -2.27. The van der Waals surface area contributed by atoms with Gasteiger partial charge >= 0.3 is 0 Å². The summed E-state index contributed by atoms with van der Waals surface area (Å²) in [6, 6.07) is 12.3. The second-order valence-corrected chi connectivity index (χ2v) is 7.25. The van der Waals surface area contributed by atoms with Crippen LogP contribution in [0, 0.1) is 5.92 Å². The average Bonchev–Trinajstić information content (AvgIpc) is 3.45. The molecule has 130 valence electrons. The summed E-state index contributed by atoms with van der Waals surface area (Å²) in [6.45, 7) is 0.900. The Labute approximate surface area is 152 Å². The molecule has 1 amide bonds. The first-order valence-electron chi connectivity index (χ1n) is 9.15. The monoisotopic (exact) mass is 344 g/mol. The van der Waals surface area contributed by atoms with Crippen LogP contribution < -0.4 is 0 Å². The number of likely N-dealkylation sites (tertiary alicyclic amines) is 1. The number of carbonyl (C=O) groups is 1. The van der Waals surface area contributed by atoms with E-state index in [0.29, 0.717) is 17.5 Å². The van der Waals surface area contributed by atoms with Gasteiger partial charge in [-0.25, -0.2) is 0 Å². The molecule has 0 unspecified atom stereocenters. The molecule has 1 aliphatic heterocycles. The fourth-order valence-electron chi connectivity index (χ4n) is 4.37. The quantitative estimate of drug-likeness (QED) is 0.787. The molecule has 2 fully saturated rings. The highest BCUT2D eigenvalue weighted by atomic mass is 16.2. The predicted molar refractivity (Wildman–Crippen MR) is 99.4 cm³/mol. The third kappa shape index (κ3) is 2.51. The lowest BCUT2D eigenvalue weighted by molar-refractivity contribution is 0.0704. The summed E-state index contributed by atoms with van der Waals surface area (Å²) >= 11 is 0. The van der Waals surface area contributed by atoms with Gasteiger partial charge in [-0.1, -0.05) is 24.3 Å². The van der Waals surface area contributed by atoms with Crippen molar-refractivity contribution < 1.29 is 4.79 Å². The Balaban J connectivity index is 1.47. The van der Waals surface area contributed by atoms with E-state index in [1.165, 1.54) is 12.8 Å². The summed E-state index contributed by atoms with van der Waals surface area (Å²) in [4.78, 5) is 19.8. The van der Waals surface area contributed by atoms with Crippen molar-refractivity contribution in [2.45, 2.75) is 25.3 Å². The minimum absolute atomic E-state index is 0.124. The normalized spacial score (nSPS) is 21.3. The molecule has 2 bridgehead atoms. The Morgan fingerprint density at radius 3 is 2.62 bits per heavy atom. The molecule has 3 aromatic rings. The number of nitrogens with zero attached hydrogens (tertiary/aromatic N) is 3. The number of rotatable bonds is 3. The summed E-state index contributed by atoms with van der Waals surface area (Å²) in [5, 5.41) is 6.82. The number of nitrogens with one attached hydrogen (secondary N) is 1. The van der Waals surface area contributed by atoms with E-state index >= 15 is 0 Å². The van der Waals surface area contributed by atoms with Crippen LogP contribution in [-0.4, -0.2) is 38.6 Å². The summed E-state index contributed by atoms with van der Waals surface area (Å²) < 4.78 is 0. The molecule has 5 rings (SSSR count). The zero-order chi connectivity index (χ0) is 17.5. The number of amides is 1. The van der Waals surface area contributed by atoms with E-state index in [1.54, 1.807) is 12.4 Å². The molecule has 3 heterocycles. The van der Waals surface area contributed by atoms with Gasteiger partial charge in [-0.15, -0.1) is 0 Å². The molecular weight excluding hydrogens is 324 g/mol. The van der Waals surface area contributed by atoms with Crippen molar-refractivity contribution in [3.63, 3.8) is 0 Å². The third-order valence-corrected chi connectivity index (χ3v) is 5.70. The largest absolute Gasteiger partial charge is 0.335 e. The molecule has 2 aliphatic rings. The number of carbonyl (C=O) groups excluding carboxylic acids is 1. The summed E-state index contributed by atoms with van der Waals surface area (Å²) in [5.41, 5.74) is 4.56. The molecule has 1 aromatic carbocycles. The maximum atomic E-state index is 13.2. The lowest BCUT2D eigenvalue weighted by atomic mass is 10.0. The molecule has 0 spiro atoms. The Kier molecular flexibility index (Phi) is 3.59. The van der Waals surface area contributed by atoms with E-state index in [9.17, 15) is 4.79 Å². The first kappa shape index (κ1) is 15.3. The van der Waals surface area contributed by atoms with E-state index in [0.717, 1.165) is 35.3 Å². The van der Waals surface area contributed by atoms with E-state index in [1.807, 2.05) is 42.6 Å². The van der Waals surface area contributed by atoms with Gasteiger partial charge in [0.1, 0.15) is 0 Å². The smallest absolute Gasteiger partial charge is 0.256 e. The molecule has 1 saturated heterocycles. The van der Waals surface area contributed by atoms with Crippen LogP contribution in [0.4, 0.5) is 0 Å². The van der Waals surface area contributed by atoms with Crippen molar-refractivity contribution in [1.82, 2.24) is 20.1 Å². The van der Waals surface area contributed by atoms with E-state index in [4.69, 9.17) is 0 Å². The van der Waals surface area contributed by atoms with Crippen LogP contribution in [0.15, 0.2) is 55.0 Å². The van der Waals surface area contributed by atoms with Gasteiger partial charge in [0.2, 0.25) is 0 Å². The summed E-state index contributed by atoms with van der Waals surface area (Å²) in [5.74, 6) is 0.817. The SMILES string of the molecule is O=C(c1cccnc1-c1ccc(-c2cn[nH]c2)cc1)N1C[C@H]2CC[C@@H]1C2. The van der Waals surface area contributed by atoms with Gasteiger partial charge in [0.15, 0.2) is 0 Å². The molecule has 1 aliphatic carbocycles. The van der Waals surface area contributed by atoms with Gasteiger partial charge in [-0.05, 0) is 42.9 Å². The Hall–Kier alpha value is -2.95. The number of aromatic nitrogens is 3. The van der Waals surface area contributed by atoms with E-state index < -0.39 is 0 Å². The second-order valence-electron chi connectivity index (χ2n) is 7.25. The van der Waals surface area contributed by atoms with Gasteiger partial charge in [0, 0.05) is 36.1 Å². The maximum absolute atomic E-state index is 13.2. The van der Waals surface area contributed by atoms with Crippen molar-refractivity contribution in [3.05, 3.63) is 60.6 Å². The first-order valence-corrected chi connectivity index (χ1v) is 9.15. The van der Waals surface area contributed by atoms with Crippen LogP contribution in [0.1, 0.15) is 29.6 Å². The van der Waals surface area contributed by atoms with Crippen LogP contribution in [0.2, 0.25) is 0 Å². The molecular formula is C21H20N4O. The molecule has 5 heteroatoms. The standard InChI is InChI=1S/C21H20N4O/c26-21(25-13-14-3-8-18(25)10-14)19-2-1-9-22-20(19)16-6-4-15(5-7-16)17-11-23-24-12-17/h1-2,4-7,9,11-12,14,18H,3,8,10,13H2,(H,23,24)/t14-,18+/m0/s1. The van der Waals surface area contributed by atoms with Crippen molar-refractivity contribution in [3.8, 4) is 22.4 Å². The van der Waals surface area contributed by atoms with Crippen molar-refractivity contribution >= 4 is 5.91 Å². The minimum atomic E-state index is 0.124. The molecule has 1 N–H and O–H groups in total. The van der Waals surface area contributed by atoms with Gasteiger partial charge < -0.3 is 4.90 Å². The molecule has 26 heavy (non-hydrogen) atoms. The third-order valence-electron chi connectivity index (χ3n) is 5.70. The second kappa shape index (κ2) is 6.09. The van der Waals surface area contributed by atoms with Gasteiger partial charge in [-0.3, -0.25) is 14.9 Å². The lowest BCUT2D eigenvalue weighted by Crippen LogP contribution is -2.37. The number of piperidine rings is 1. The fourth-order valence-corrected chi connectivity index (χ4v) is 4.37. The molecule has 1 saturated carbocycles. The van der Waals surface area contributed by atoms with Crippen LogP contribution in [0.25, 0.3) is 22.4 Å². The van der Waals surface area contributed by atoms with Crippen LogP contribution in [0.3, 0.4) is 0 Å². The Morgan fingerprint density at radius 1 is 1.08 bits per heavy atom. The molecule has 5 nitrogen and oxygen atoms in total. The number of H-pyrrole nitrogens is 1. The maximum Gasteiger partial charge on any atom is 0.256 e. The zero-order valence-corrected chi connectivity index (χ0v) is 14.4. The van der Waals surface area contributed by atoms with E-state index in [-0.39, 0.29) is 5.91 Å². The van der Waals surface area contributed by atoms with Crippen LogP contribution >= 0.6 is 0 Å². The summed E-state index contributed by atoms with van der Waals surface area (Å²) in [7, 11) is 0. The highest BCUT2D eigenvalue weighted by Crippen LogP contribution is 2.38. The molecule has 0 radical (unpaired) electrons. The van der Waals surface area contributed by atoms with Crippen LogP contribution in [-0.2, 0) is 0 Å². The highest BCUT2D eigenvalue weighted by molar-refractivity contribution is 6.00. The average molecular weight is 344 g/mol. The van der Waals surface area contributed by atoms with Gasteiger partial charge in [0.05, 0.1) is 17.5 Å². The first-order chi connectivity index (χ1) is 12.8. The number of fused-ring (bicyclic) bond motifs is 2. The number of hydrogen-bond donors (Lipinski definition) is 1. The zero-order valence-electron chi connectivity index (χ0n) is 14.4. The van der Waals surface area contributed by atoms with Crippen molar-refractivity contribution in [2.75, 3.05) is 6.54 Å². The summed E-state index contributed by atoms with van der Waals surface area (Å²) in [6.07, 6.45) is 9.00. The number of hydrogen-bond acceptors (Lipinski definition) is 3. The van der Waals surface area contributed by atoms with E-state index in [2.05, 4.69) is 20.1 Å². The molecule has 2 aromatic heterocycles. The Morgan fingerprint density at radius 2 is 1.92 bits per heavy atom. The Bertz CT molecular complexity index is 933. The van der Waals surface area contributed by atoms with Gasteiger partial charge in [0.25, 0.3) is 5.91 Å². The number of aromatic amines is 1. The number of benzene rings is 1. The topological polar surface area (TPSA) is 61.9 Å². The van der Waals surface area contributed by atoms with Gasteiger partial charge in [-0.2, -0.15) is 5.10 Å². The van der Waals surface area contributed by atoms with Crippen molar-refractivity contribution in [2.24, 2.45) is 5.92 Å². The fraction of sp³-hybridized carbons (Fsp3) is 0.286. The number of pyridine rings is 1. The van der Waals surface area contributed by atoms with Crippen molar-refractivity contribution in [1.29, 1.82) is 0 Å². The minimum Gasteiger partial charge on any atom is -0.335 e. The van der Waals surface area contributed by atoms with Crippen LogP contribution in [0.5, 0.6) is 0 Å². The predicted octanol–water partition coefficient (Wildman–Crippen LogP) is 3.76. The highest BCUT2D eigenvalue weighted by Gasteiger charge is 2.40.